The lowest BCUT2D eigenvalue weighted by molar-refractivity contribution is 0.0498. The quantitative estimate of drug-likeness (QED) is 0.438. The third kappa shape index (κ3) is 6.66. The first-order valence-electron chi connectivity index (χ1n) is 10.6. The molecule has 1 aliphatic rings. The number of rotatable bonds is 9. The van der Waals surface area contributed by atoms with E-state index >= 15 is 0 Å². The van der Waals surface area contributed by atoms with Gasteiger partial charge in [-0.3, -0.25) is 4.90 Å². The SMILES string of the molecule is O=S1(=O)CCC(N(Cc2ccc(-c3ccc(F)cc3)o2)CC(O)COc2ccc(Br)cc2)C1. The zero-order chi connectivity index (χ0) is 23.4. The number of aliphatic hydroxyl groups excluding tert-OH is 1. The van der Waals surface area contributed by atoms with Crippen LogP contribution in [0.15, 0.2) is 69.6 Å². The van der Waals surface area contributed by atoms with Crippen molar-refractivity contribution in [2.75, 3.05) is 24.7 Å². The molecule has 1 N–H and O–H groups in total. The lowest BCUT2D eigenvalue weighted by Crippen LogP contribution is -2.42. The Hall–Kier alpha value is -2.20. The summed E-state index contributed by atoms with van der Waals surface area (Å²) in [5, 5.41) is 10.6. The summed E-state index contributed by atoms with van der Waals surface area (Å²) >= 11 is 3.37. The summed E-state index contributed by atoms with van der Waals surface area (Å²) in [5.74, 6) is 1.75. The minimum absolute atomic E-state index is 0.0544. The van der Waals surface area contributed by atoms with Crippen LogP contribution in [-0.4, -0.2) is 55.2 Å². The Balaban J connectivity index is 1.43. The van der Waals surface area contributed by atoms with E-state index in [2.05, 4.69) is 15.9 Å². The van der Waals surface area contributed by atoms with Crippen LogP contribution in [0.3, 0.4) is 0 Å². The van der Waals surface area contributed by atoms with Crippen molar-refractivity contribution >= 4 is 25.8 Å². The number of hydrogen-bond donors (Lipinski definition) is 1. The number of benzene rings is 2. The van der Waals surface area contributed by atoms with E-state index in [1.165, 1.54) is 12.1 Å². The number of sulfone groups is 1. The van der Waals surface area contributed by atoms with Gasteiger partial charge in [-0.25, -0.2) is 12.8 Å². The van der Waals surface area contributed by atoms with Gasteiger partial charge in [-0.1, -0.05) is 15.9 Å². The number of ether oxygens (including phenoxy) is 1. The molecule has 0 aliphatic carbocycles. The molecule has 0 spiro atoms. The largest absolute Gasteiger partial charge is 0.491 e. The van der Waals surface area contributed by atoms with E-state index in [1.54, 1.807) is 30.3 Å². The van der Waals surface area contributed by atoms with Gasteiger partial charge >= 0.3 is 0 Å². The Morgan fingerprint density at radius 2 is 1.85 bits per heavy atom. The summed E-state index contributed by atoms with van der Waals surface area (Å²) in [6.07, 6.45) is -0.308. The highest BCUT2D eigenvalue weighted by Crippen LogP contribution is 2.26. The first-order chi connectivity index (χ1) is 15.8. The van der Waals surface area contributed by atoms with Crippen molar-refractivity contribution in [1.82, 2.24) is 4.90 Å². The van der Waals surface area contributed by atoms with E-state index < -0.39 is 15.9 Å². The highest BCUT2D eigenvalue weighted by atomic mass is 79.9. The van der Waals surface area contributed by atoms with Gasteiger partial charge in [0, 0.05) is 22.6 Å². The van der Waals surface area contributed by atoms with E-state index in [-0.39, 0.29) is 36.5 Å². The number of furan rings is 1. The van der Waals surface area contributed by atoms with Gasteiger partial charge in [0.05, 0.1) is 18.1 Å². The van der Waals surface area contributed by atoms with Crippen molar-refractivity contribution in [3.05, 3.63) is 76.7 Å². The van der Waals surface area contributed by atoms with Gasteiger partial charge in [0.15, 0.2) is 9.84 Å². The van der Waals surface area contributed by atoms with Gasteiger partial charge in [-0.2, -0.15) is 0 Å². The van der Waals surface area contributed by atoms with Gasteiger partial charge in [0.2, 0.25) is 0 Å². The van der Waals surface area contributed by atoms with E-state index in [0.717, 1.165) is 10.0 Å². The van der Waals surface area contributed by atoms with Gasteiger partial charge in [-0.05, 0) is 67.1 Å². The van der Waals surface area contributed by atoms with Crippen molar-refractivity contribution in [3.8, 4) is 17.1 Å². The van der Waals surface area contributed by atoms with Crippen molar-refractivity contribution in [2.45, 2.75) is 25.1 Å². The fraction of sp³-hybridized carbons (Fsp3) is 0.333. The predicted molar refractivity (Wildman–Crippen MR) is 127 cm³/mol. The van der Waals surface area contributed by atoms with Crippen molar-refractivity contribution < 1.29 is 27.1 Å². The van der Waals surface area contributed by atoms with Crippen LogP contribution in [-0.2, 0) is 16.4 Å². The summed E-state index contributed by atoms with van der Waals surface area (Å²) < 4.78 is 49.9. The van der Waals surface area contributed by atoms with Crippen molar-refractivity contribution in [2.24, 2.45) is 0 Å². The summed E-state index contributed by atoms with van der Waals surface area (Å²) in [7, 11) is -3.09. The van der Waals surface area contributed by atoms with E-state index in [0.29, 0.717) is 30.2 Å². The third-order valence-electron chi connectivity index (χ3n) is 5.58. The molecule has 2 unspecified atom stereocenters. The molecule has 0 saturated carbocycles. The summed E-state index contributed by atoms with van der Waals surface area (Å²) in [5.41, 5.74) is 0.751. The van der Waals surface area contributed by atoms with Crippen LogP contribution in [0.2, 0.25) is 0 Å². The van der Waals surface area contributed by atoms with Crippen molar-refractivity contribution in [3.63, 3.8) is 0 Å². The molecule has 1 aromatic heterocycles. The Bertz CT molecular complexity index is 1160. The minimum atomic E-state index is -3.09. The fourth-order valence-corrected chi connectivity index (χ4v) is 5.91. The predicted octanol–water partition coefficient (Wildman–Crippen LogP) is 4.28. The maximum Gasteiger partial charge on any atom is 0.151 e. The molecule has 1 aliphatic heterocycles. The average molecular weight is 538 g/mol. The fourth-order valence-electron chi connectivity index (χ4n) is 3.89. The zero-order valence-corrected chi connectivity index (χ0v) is 20.3. The Morgan fingerprint density at radius 3 is 2.52 bits per heavy atom. The first-order valence-corrected chi connectivity index (χ1v) is 13.2. The number of hydrogen-bond acceptors (Lipinski definition) is 6. The maximum atomic E-state index is 13.2. The number of nitrogens with zero attached hydrogens (tertiary/aromatic N) is 1. The topological polar surface area (TPSA) is 80.0 Å². The highest BCUT2D eigenvalue weighted by molar-refractivity contribution is 9.10. The molecule has 2 aromatic carbocycles. The molecule has 6 nitrogen and oxygen atoms in total. The molecule has 0 bridgehead atoms. The molecule has 3 aromatic rings. The second kappa shape index (κ2) is 10.4. The lowest BCUT2D eigenvalue weighted by Gasteiger charge is -2.29. The van der Waals surface area contributed by atoms with Crippen LogP contribution >= 0.6 is 15.9 Å². The molecule has 2 heterocycles. The smallest absolute Gasteiger partial charge is 0.151 e. The minimum Gasteiger partial charge on any atom is -0.491 e. The van der Waals surface area contributed by atoms with E-state index in [1.807, 2.05) is 23.1 Å². The number of aliphatic hydroxyl groups is 1. The van der Waals surface area contributed by atoms with Gasteiger partial charge in [-0.15, -0.1) is 0 Å². The van der Waals surface area contributed by atoms with Crippen LogP contribution in [0.25, 0.3) is 11.3 Å². The van der Waals surface area contributed by atoms with E-state index in [4.69, 9.17) is 9.15 Å². The van der Waals surface area contributed by atoms with Crippen LogP contribution < -0.4 is 4.74 Å². The molecular weight excluding hydrogens is 513 g/mol. The maximum absolute atomic E-state index is 13.2. The first kappa shape index (κ1) is 23.9. The molecular formula is C24H25BrFNO5S. The molecule has 1 saturated heterocycles. The van der Waals surface area contributed by atoms with Crippen LogP contribution in [0, 0.1) is 5.82 Å². The average Bonchev–Trinajstić information content (AvgIpc) is 3.39. The number of halogens is 2. The van der Waals surface area contributed by atoms with Gasteiger partial charge < -0.3 is 14.3 Å². The third-order valence-corrected chi connectivity index (χ3v) is 7.85. The molecule has 1 fully saturated rings. The lowest BCUT2D eigenvalue weighted by atomic mass is 10.2. The van der Waals surface area contributed by atoms with Crippen LogP contribution in [0.1, 0.15) is 12.2 Å². The van der Waals surface area contributed by atoms with Crippen molar-refractivity contribution in [1.29, 1.82) is 0 Å². The summed E-state index contributed by atoms with van der Waals surface area (Å²) in [4.78, 5) is 1.94. The molecule has 33 heavy (non-hydrogen) atoms. The zero-order valence-electron chi connectivity index (χ0n) is 17.9. The highest BCUT2D eigenvalue weighted by Gasteiger charge is 2.33. The molecule has 9 heteroatoms. The van der Waals surface area contributed by atoms with Crippen LogP contribution in [0.4, 0.5) is 4.39 Å². The Labute approximate surface area is 201 Å². The second-order valence-corrected chi connectivity index (χ2v) is 11.3. The van der Waals surface area contributed by atoms with Gasteiger partial charge in [0.25, 0.3) is 0 Å². The van der Waals surface area contributed by atoms with Crippen LogP contribution in [0.5, 0.6) is 5.75 Å². The molecule has 2 atom stereocenters. The van der Waals surface area contributed by atoms with Gasteiger partial charge in [0.1, 0.15) is 35.8 Å². The Morgan fingerprint density at radius 1 is 1.12 bits per heavy atom. The summed E-state index contributed by atoms with van der Waals surface area (Å²) in [6, 6.07) is 16.8. The molecule has 176 valence electrons. The summed E-state index contributed by atoms with van der Waals surface area (Å²) in [6.45, 7) is 0.663. The monoisotopic (exact) mass is 537 g/mol. The molecule has 0 amide bonds. The van der Waals surface area contributed by atoms with E-state index in [9.17, 15) is 17.9 Å². The Kier molecular flexibility index (Phi) is 7.53. The normalized spacial score (nSPS) is 18.5. The molecule has 0 radical (unpaired) electrons. The molecule has 4 rings (SSSR count). The second-order valence-electron chi connectivity index (χ2n) is 8.18. The standard InChI is InChI=1S/C24H25BrFNO5S/c25-18-3-7-22(8-4-18)31-15-21(28)13-27(20-11-12-33(29,30)16-20)14-23-9-10-24(32-23)17-1-5-19(26)6-2-17/h1-10,20-21,28H,11-16H2.